The fraction of sp³-hybridized carbons (Fsp3) is 0.550. The Morgan fingerprint density at radius 1 is 1.30 bits per heavy atom. The van der Waals surface area contributed by atoms with E-state index in [1.165, 1.54) is 17.5 Å². The van der Waals surface area contributed by atoms with Crippen molar-refractivity contribution in [3.05, 3.63) is 41.0 Å². The molecule has 1 heterocycles. The van der Waals surface area contributed by atoms with E-state index < -0.39 is 5.60 Å². The molecule has 0 unspecified atom stereocenters. The van der Waals surface area contributed by atoms with Gasteiger partial charge in [0, 0.05) is 25.1 Å². The lowest BCUT2D eigenvalue weighted by Crippen LogP contribution is -2.54. The number of rotatable bonds is 2. The molecule has 1 N–H and O–H groups in total. The third-order valence-corrected chi connectivity index (χ3v) is 5.58. The second kappa shape index (κ2) is 6.48. The van der Waals surface area contributed by atoms with Gasteiger partial charge in [-0.15, -0.1) is 0 Å². The fourth-order valence-corrected chi connectivity index (χ4v) is 3.98. The van der Waals surface area contributed by atoms with Crippen LogP contribution in [0.5, 0.6) is 0 Å². The SMILES string of the molecule is Cc1ccc(C)c(/C=C/C(=O)N2CC[C@]3(O)CCCC[C@@H]3C2)c1. The van der Waals surface area contributed by atoms with E-state index in [1.807, 2.05) is 11.0 Å². The number of hydrogen-bond acceptors (Lipinski definition) is 2. The van der Waals surface area contributed by atoms with Crippen LogP contribution < -0.4 is 0 Å². The molecule has 3 heteroatoms. The lowest BCUT2D eigenvalue weighted by Gasteiger charge is -2.47. The van der Waals surface area contributed by atoms with Crippen molar-refractivity contribution >= 4 is 12.0 Å². The highest BCUT2D eigenvalue weighted by atomic mass is 16.3. The topological polar surface area (TPSA) is 40.5 Å². The van der Waals surface area contributed by atoms with Crippen molar-refractivity contribution in [1.29, 1.82) is 0 Å². The summed E-state index contributed by atoms with van der Waals surface area (Å²) >= 11 is 0. The molecule has 2 aliphatic rings. The molecule has 23 heavy (non-hydrogen) atoms. The van der Waals surface area contributed by atoms with Gasteiger partial charge < -0.3 is 10.0 Å². The standard InChI is InChI=1S/C20H27NO2/c1-15-6-7-16(2)17(13-15)8-9-19(22)21-12-11-20(23)10-4-3-5-18(20)14-21/h6-9,13,18,23H,3-5,10-12,14H2,1-2H3/b9-8+/t18-,20-/m1/s1. The molecule has 1 aromatic carbocycles. The van der Waals surface area contributed by atoms with Crippen LogP contribution in [0.15, 0.2) is 24.3 Å². The maximum Gasteiger partial charge on any atom is 0.246 e. The molecular weight excluding hydrogens is 286 g/mol. The zero-order valence-corrected chi connectivity index (χ0v) is 14.2. The summed E-state index contributed by atoms with van der Waals surface area (Å²) in [6, 6.07) is 6.28. The monoisotopic (exact) mass is 313 g/mol. The summed E-state index contributed by atoms with van der Waals surface area (Å²) in [7, 11) is 0. The number of carbonyl (C=O) groups is 1. The number of likely N-dealkylation sites (tertiary alicyclic amines) is 1. The summed E-state index contributed by atoms with van der Waals surface area (Å²) in [6.07, 6.45) is 8.57. The van der Waals surface area contributed by atoms with Crippen molar-refractivity contribution in [3.8, 4) is 0 Å². The Balaban J connectivity index is 1.67. The largest absolute Gasteiger partial charge is 0.389 e. The van der Waals surface area contributed by atoms with E-state index >= 15 is 0 Å². The number of carbonyl (C=O) groups excluding carboxylic acids is 1. The second-order valence-corrected chi connectivity index (χ2v) is 7.27. The van der Waals surface area contributed by atoms with Gasteiger partial charge >= 0.3 is 0 Å². The van der Waals surface area contributed by atoms with Crippen molar-refractivity contribution in [1.82, 2.24) is 4.90 Å². The van der Waals surface area contributed by atoms with Crippen LogP contribution in [0.1, 0.15) is 48.8 Å². The molecule has 0 spiro atoms. The quantitative estimate of drug-likeness (QED) is 0.849. The Morgan fingerprint density at radius 3 is 2.96 bits per heavy atom. The van der Waals surface area contributed by atoms with Crippen LogP contribution in [0, 0.1) is 19.8 Å². The first-order valence-electron chi connectivity index (χ1n) is 8.74. The van der Waals surface area contributed by atoms with E-state index in [9.17, 15) is 9.90 Å². The molecule has 3 nitrogen and oxygen atoms in total. The summed E-state index contributed by atoms with van der Waals surface area (Å²) in [5.41, 5.74) is 2.96. The molecule has 1 aliphatic carbocycles. The highest BCUT2D eigenvalue weighted by Gasteiger charge is 2.43. The zero-order valence-electron chi connectivity index (χ0n) is 14.2. The minimum absolute atomic E-state index is 0.0681. The van der Waals surface area contributed by atoms with Gasteiger partial charge in [-0.1, -0.05) is 36.6 Å². The summed E-state index contributed by atoms with van der Waals surface area (Å²) in [4.78, 5) is 14.4. The van der Waals surface area contributed by atoms with Crippen LogP contribution in [0.2, 0.25) is 0 Å². The van der Waals surface area contributed by atoms with Crippen LogP contribution in [0.4, 0.5) is 0 Å². The zero-order chi connectivity index (χ0) is 16.4. The van der Waals surface area contributed by atoms with Crippen molar-refractivity contribution < 1.29 is 9.90 Å². The Kier molecular flexibility index (Phi) is 4.58. The Morgan fingerprint density at radius 2 is 2.13 bits per heavy atom. The smallest absolute Gasteiger partial charge is 0.246 e. The van der Waals surface area contributed by atoms with Crippen LogP contribution in [0.3, 0.4) is 0 Å². The van der Waals surface area contributed by atoms with Gasteiger partial charge in [-0.25, -0.2) is 0 Å². The number of benzene rings is 1. The molecule has 1 aliphatic heterocycles. The van der Waals surface area contributed by atoms with Gasteiger partial charge in [-0.05, 0) is 50.3 Å². The molecule has 0 radical (unpaired) electrons. The first-order valence-corrected chi connectivity index (χ1v) is 8.74. The third kappa shape index (κ3) is 3.50. The summed E-state index contributed by atoms with van der Waals surface area (Å²) < 4.78 is 0. The number of aliphatic hydroxyl groups is 1. The third-order valence-electron chi connectivity index (χ3n) is 5.58. The van der Waals surface area contributed by atoms with Gasteiger partial charge in [0.1, 0.15) is 0 Å². The molecule has 2 fully saturated rings. The van der Waals surface area contributed by atoms with E-state index in [1.54, 1.807) is 6.08 Å². The van der Waals surface area contributed by atoms with Gasteiger partial charge in [-0.2, -0.15) is 0 Å². The van der Waals surface area contributed by atoms with E-state index in [2.05, 4.69) is 32.0 Å². The molecule has 1 saturated carbocycles. The lowest BCUT2D eigenvalue weighted by molar-refractivity contribution is -0.138. The predicted molar refractivity (Wildman–Crippen MR) is 93.1 cm³/mol. The van der Waals surface area contributed by atoms with Gasteiger partial charge in [0.2, 0.25) is 5.91 Å². The van der Waals surface area contributed by atoms with Gasteiger partial charge in [0.05, 0.1) is 5.60 Å². The van der Waals surface area contributed by atoms with Crippen LogP contribution in [-0.2, 0) is 4.79 Å². The van der Waals surface area contributed by atoms with Crippen LogP contribution in [0.25, 0.3) is 6.08 Å². The van der Waals surface area contributed by atoms with Gasteiger partial charge in [0.25, 0.3) is 0 Å². The maximum absolute atomic E-state index is 12.5. The first kappa shape index (κ1) is 16.3. The number of fused-ring (bicyclic) bond motifs is 1. The summed E-state index contributed by atoms with van der Waals surface area (Å²) in [5, 5.41) is 10.7. The Bertz CT molecular complexity index is 622. The van der Waals surface area contributed by atoms with E-state index in [0.717, 1.165) is 31.2 Å². The van der Waals surface area contributed by atoms with E-state index in [4.69, 9.17) is 0 Å². The van der Waals surface area contributed by atoms with Crippen molar-refractivity contribution in [2.75, 3.05) is 13.1 Å². The molecule has 2 atom stereocenters. The van der Waals surface area contributed by atoms with E-state index in [-0.39, 0.29) is 11.8 Å². The number of nitrogens with zero attached hydrogens (tertiary/aromatic N) is 1. The summed E-state index contributed by atoms with van der Waals surface area (Å²) in [5.74, 6) is 0.321. The second-order valence-electron chi connectivity index (χ2n) is 7.27. The molecule has 0 aromatic heterocycles. The normalized spacial score (nSPS) is 28.0. The molecule has 1 amide bonds. The Hall–Kier alpha value is -1.61. The molecule has 0 bridgehead atoms. The average Bonchev–Trinajstić information content (AvgIpc) is 2.54. The summed E-state index contributed by atoms with van der Waals surface area (Å²) in [6.45, 7) is 5.50. The molecule has 1 aromatic rings. The molecule has 3 rings (SSSR count). The predicted octanol–water partition coefficient (Wildman–Crippen LogP) is 3.47. The van der Waals surface area contributed by atoms with Crippen LogP contribution in [-0.4, -0.2) is 34.6 Å². The van der Waals surface area contributed by atoms with Crippen molar-refractivity contribution in [2.24, 2.45) is 5.92 Å². The first-order chi connectivity index (χ1) is 11.0. The Labute approximate surface area is 139 Å². The minimum Gasteiger partial charge on any atom is -0.389 e. The van der Waals surface area contributed by atoms with Crippen molar-refractivity contribution in [2.45, 2.75) is 51.6 Å². The molecule has 1 saturated heterocycles. The highest BCUT2D eigenvalue weighted by Crippen LogP contribution is 2.39. The average molecular weight is 313 g/mol. The number of hydrogen-bond donors (Lipinski definition) is 1. The molecular formula is C20H27NO2. The maximum atomic E-state index is 12.5. The number of piperidine rings is 1. The minimum atomic E-state index is -0.522. The molecule has 124 valence electrons. The highest BCUT2D eigenvalue weighted by molar-refractivity contribution is 5.92. The van der Waals surface area contributed by atoms with Gasteiger partial charge in [0.15, 0.2) is 0 Å². The number of aryl methyl sites for hydroxylation is 2. The fourth-order valence-electron chi connectivity index (χ4n) is 3.98. The van der Waals surface area contributed by atoms with Crippen LogP contribution >= 0.6 is 0 Å². The number of amides is 1. The van der Waals surface area contributed by atoms with Gasteiger partial charge in [-0.3, -0.25) is 4.79 Å². The van der Waals surface area contributed by atoms with E-state index in [0.29, 0.717) is 13.1 Å². The lowest BCUT2D eigenvalue weighted by atomic mass is 9.71. The van der Waals surface area contributed by atoms with Crippen molar-refractivity contribution in [3.63, 3.8) is 0 Å².